The first-order valence-corrected chi connectivity index (χ1v) is 8.68. The summed E-state index contributed by atoms with van der Waals surface area (Å²) in [5.41, 5.74) is 2.77. The van der Waals surface area contributed by atoms with Gasteiger partial charge in [-0.05, 0) is 62.7 Å². The van der Waals surface area contributed by atoms with Crippen molar-refractivity contribution in [2.24, 2.45) is 0 Å². The molecule has 0 aliphatic heterocycles. The second-order valence-electron chi connectivity index (χ2n) is 6.31. The second-order valence-corrected chi connectivity index (χ2v) is 6.31. The summed E-state index contributed by atoms with van der Waals surface area (Å²) in [6.07, 6.45) is 1.71. The molecule has 2 aromatic carbocycles. The van der Waals surface area contributed by atoms with Gasteiger partial charge in [0.1, 0.15) is 11.5 Å². The maximum Gasteiger partial charge on any atom is 0.249 e. The van der Waals surface area contributed by atoms with Crippen LogP contribution in [0, 0.1) is 6.92 Å². The van der Waals surface area contributed by atoms with Crippen LogP contribution in [0.4, 0.5) is 23.1 Å². The molecule has 0 saturated heterocycles. The lowest BCUT2D eigenvalue weighted by atomic mass is 10.2. The molecule has 0 radical (unpaired) electrons. The zero-order chi connectivity index (χ0) is 19.2. The van der Waals surface area contributed by atoms with Gasteiger partial charge in [-0.3, -0.25) is 0 Å². The van der Waals surface area contributed by atoms with E-state index in [4.69, 9.17) is 9.47 Å². The Bertz CT molecular complexity index is 897. The number of nitrogens with one attached hydrogen (secondary N) is 2. The Morgan fingerprint density at radius 3 is 2.48 bits per heavy atom. The minimum Gasteiger partial charge on any atom is -0.495 e. The third-order valence-electron chi connectivity index (χ3n) is 3.66. The van der Waals surface area contributed by atoms with E-state index in [-0.39, 0.29) is 6.10 Å². The van der Waals surface area contributed by atoms with Crippen LogP contribution in [-0.2, 0) is 0 Å². The Balaban J connectivity index is 1.73. The maximum absolute atomic E-state index is 5.65. The average molecular weight is 365 g/mol. The van der Waals surface area contributed by atoms with Gasteiger partial charge in [0, 0.05) is 5.69 Å². The number of methoxy groups -OCH3 is 1. The molecule has 27 heavy (non-hydrogen) atoms. The zero-order valence-electron chi connectivity index (χ0n) is 15.9. The Morgan fingerprint density at radius 2 is 1.78 bits per heavy atom. The minimum absolute atomic E-state index is 0.141. The Kier molecular flexibility index (Phi) is 5.71. The molecule has 2 N–H and O–H groups in total. The molecule has 0 fully saturated rings. The van der Waals surface area contributed by atoms with Crippen molar-refractivity contribution in [3.8, 4) is 11.5 Å². The number of rotatable bonds is 7. The van der Waals surface area contributed by atoms with Crippen LogP contribution in [0.1, 0.15) is 19.4 Å². The summed E-state index contributed by atoms with van der Waals surface area (Å²) >= 11 is 0. The number of benzene rings is 2. The molecule has 3 aromatic rings. The molecule has 0 bridgehead atoms. The average Bonchev–Trinajstić information content (AvgIpc) is 2.63. The lowest BCUT2D eigenvalue weighted by Gasteiger charge is -2.12. The number of hydrogen-bond donors (Lipinski definition) is 2. The van der Waals surface area contributed by atoms with Crippen LogP contribution < -0.4 is 20.1 Å². The fourth-order valence-corrected chi connectivity index (χ4v) is 2.49. The van der Waals surface area contributed by atoms with Gasteiger partial charge in [0.25, 0.3) is 0 Å². The van der Waals surface area contributed by atoms with Crippen LogP contribution in [0.3, 0.4) is 0 Å². The van der Waals surface area contributed by atoms with Crippen LogP contribution in [-0.4, -0.2) is 28.4 Å². The summed E-state index contributed by atoms with van der Waals surface area (Å²) in [6.45, 7) is 6.00. The molecule has 7 heteroatoms. The van der Waals surface area contributed by atoms with Gasteiger partial charge < -0.3 is 20.1 Å². The molecular weight excluding hydrogens is 342 g/mol. The third-order valence-corrected chi connectivity index (χ3v) is 3.66. The number of ether oxygens (including phenoxy) is 2. The van der Waals surface area contributed by atoms with Gasteiger partial charge in [-0.25, -0.2) is 0 Å². The van der Waals surface area contributed by atoms with E-state index in [0.29, 0.717) is 17.5 Å². The summed E-state index contributed by atoms with van der Waals surface area (Å²) in [5, 5.41) is 14.4. The first kappa shape index (κ1) is 18.4. The fourth-order valence-electron chi connectivity index (χ4n) is 2.49. The molecule has 0 aliphatic carbocycles. The van der Waals surface area contributed by atoms with E-state index in [1.165, 1.54) is 0 Å². The number of hydrogen-bond acceptors (Lipinski definition) is 7. The highest BCUT2D eigenvalue weighted by Gasteiger charge is 2.07. The van der Waals surface area contributed by atoms with Crippen LogP contribution >= 0.6 is 0 Å². The van der Waals surface area contributed by atoms with Crippen molar-refractivity contribution in [2.75, 3.05) is 17.7 Å². The molecule has 140 valence electrons. The predicted molar refractivity (Wildman–Crippen MR) is 106 cm³/mol. The molecule has 0 atom stereocenters. The normalized spacial score (nSPS) is 10.6. The molecule has 0 amide bonds. The van der Waals surface area contributed by atoms with Crippen molar-refractivity contribution < 1.29 is 9.47 Å². The Morgan fingerprint density at radius 1 is 1.00 bits per heavy atom. The summed E-state index contributed by atoms with van der Waals surface area (Å²) in [7, 11) is 1.62. The molecule has 0 saturated carbocycles. The zero-order valence-corrected chi connectivity index (χ0v) is 15.9. The van der Waals surface area contributed by atoms with Gasteiger partial charge >= 0.3 is 0 Å². The topological polar surface area (TPSA) is 81.2 Å². The van der Waals surface area contributed by atoms with Gasteiger partial charge in [-0.1, -0.05) is 6.07 Å². The van der Waals surface area contributed by atoms with E-state index in [1.807, 2.05) is 63.2 Å². The van der Waals surface area contributed by atoms with E-state index < -0.39 is 0 Å². The molecule has 0 spiro atoms. The molecule has 7 nitrogen and oxygen atoms in total. The highest BCUT2D eigenvalue weighted by molar-refractivity contribution is 5.64. The smallest absolute Gasteiger partial charge is 0.249 e. The van der Waals surface area contributed by atoms with Crippen LogP contribution in [0.5, 0.6) is 11.5 Å². The van der Waals surface area contributed by atoms with Crippen molar-refractivity contribution in [1.82, 2.24) is 15.2 Å². The largest absolute Gasteiger partial charge is 0.495 e. The standard InChI is InChI=1S/C20H23N5O2/c1-13(2)27-16-8-6-15(7-9-16)22-19-12-21-25-20(24-19)23-17-11-14(3)5-10-18(17)26-4/h5-13H,1-4H3,(H2,22,23,24,25). The summed E-state index contributed by atoms with van der Waals surface area (Å²) in [4.78, 5) is 4.46. The monoisotopic (exact) mass is 365 g/mol. The molecule has 0 unspecified atom stereocenters. The first-order valence-electron chi connectivity index (χ1n) is 8.68. The van der Waals surface area contributed by atoms with Crippen molar-refractivity contribution in [2.45, 2.75) is 26.9 Å². The third kappa shape index (κ3) is 5.07. The fraction of sp³-hybridized carbons (Fsp3) is 0.250. The lowest BCUT2D eigenvalue weighted by molar-refractivity contribution is 0.242. The molecule has 0 aliphatic rings. The van der Waals surface area contributed by atoms with Gasteiger partial charge in [0.15, 0.2) is 5.82 Å². The lowest BCUT2D eigenvalue weighted by Crippen LogP contribution is -2.05. The van der Waals surface area contributed by atoms with Crippen molar-refractivity contribution in [3.63, 3.8) is 0 Å². The minimum atomic E-state index is 0.141. The number of anilines is 4. The molecular formula is C20H23N5O2. The van der Waals surface area contributed by atoms with E-state index >= 15 is 0 Å². The van der Waals surface area contributed by atoms with E-state index in [9.17, 15) is 0 Å². The number of aryl methyl sites for hydroxylation is 1. The van der Waals surface area contributed by atoms with Gasteiger partial charge in [0.05, 0.1) is 25.1 Å². The Labute approximate surface area is 158 Å². The second kappa shape index (κ2) is 8.35. The van der Waals surface area contributed by atoms with Crippen molar-refractivity contribution in [3.05, 3.63) is 54.2 Å². The summed E-state index contributed by atoms with van der Waals surface area (Å²) in [5.74, 6) is 2.49. The number of aromatic nitrogens is 3. The van der Waals surface area contributed by atoms with Gasteiger partial charge in [-0.15, -0.1) is 5.10 Å². The highest BCUT2D eigenvalue weighted by Crippen LogP contribution is 2.27. The number of nitrogens with zero attached hydrogens (tertiary/aromatic N) is 3. The van der Waals surface area contributed by atoms with Crippen molar-refractivity contribution in [1.29, 1.82) is 0 Å². The molecule has 3 rings (SSSR count). The molecule has 1 aromatic heterocycles. The van der Waals surface area contributed by atoms with Gasteiger partial charge in [-0.2, -0.15) is 10.1 Å². The summed E-state index contributed by atoms with van der Waals surface area (Å²) < 4.78 is 11.0. The maximum atomic E-state index is 5.65. The van der Waals surface area contributed by atoms with Crippen LogP contribution in [0.25, 0.3) is 0 Å². The quantitative estimate of drug-likeness (QED) is 0.639. The van der Waals surface area contributed by atoms with Gasteiger partial charge in [0.2, 0.25) is 5.95 Å². The van der Waals surface area contributed by atoms with Crippen LogP contribution in [0.2, 0.25) is 0 Å². The SMILES string of the molecule is COc1ccc(C)cc1Nc1nncc(Nc2ccc(OC(C)C)cc2)n1. The molecule has 1 heterocycles. The van der Waals surface area contributed by atoms with E-state index in [2.05, 4.69) is 25.8 Å². The van der Waals surface area contributed by atoms with Crippen molar-refractivity contribution >= 4 is 23.1 Å². The summed E-state index contributed by atoms with van der Waals surface area (Å²) in [6, 6.07) is 13.5. The van der Waals surface area contributed by atoms with E-state index in [0.717, 1.165) is 22.7 Å². The van der Waals surface area contributed by atoms with Crippen LogP contribution in [0.15, 0.2) is 48.7 Å². The first-order chi connectivity index (χ1) is 13.0. The predicted octanol–water partition coefficient (Wildman–Crippen LogP) is 4.46. The Hall–Kier alpha value is -3.35. The highest BCUT2D eigenvalue weighted by atomic mass is 16.5. The van der Waals surface area contributed by atoms with E-state index in [1.54, 1.807) is 13.3 Å².